The van der Waals surface area contributed by atoms with Gasteiger partial charge in [0.1, 0.15) is 11.6 Å². The van der Waals surface area contributed by atoms with Crippen molar-refractivity contribution in [3.63, 3.8) is 0 Å². The third-order valence-corrected chi connectivity index (χ3v) is 4.31. The van der Waals surface area contributed by atoms with E-state index in [0.29, 0.717) is 18.8 Å². The van der Waals surface area contributed by atoms with E-state index in [-0.39, 0.29) is 17.8 Å². The monoisotopic (exact) mass is 332 g/mol. The van der Waals surface area contributed by atoms with E-state index in [1.54, 1.807) is 16.8 Å². The summed E-state index contributed by atoms with van der Waals surface area (Å²) in [6.07, 6.45) is 2.13. The smallest absolute Gasteiger partial charge is 0.222 e. The summed E-state index contributed by atoms with van der Waals surface area (Å²) in [6.45, 7) is 3.99. The zero-order valence-electron chi connectivity index (χ0n) is 13.7. The molecule has 2 heterocycles. The molecule has 0 atom stereocenters. The Morgan fingerprint density at radius 2 is 2.00 bits per heavy atom. The van der Waals surface area contributed by atoms with Crippen molar-refractivity contribution in [2.24, 2.45) is 0 Å². The maximum Gasteiger partial charge on any atom is 0.222 e. The van der Waals surface area contributed by atoms with Gasteiger partial charge in [0.2, 0.25) is 5.91 Å². The van der Waals surface area contributed by atoms with E-state index in [1.807, 2.05) is 6.92 Å². The van der Waals surface area contributed by atoms with Crippen LogP contribution in [-0.4, -0.2) is 45.2 Å². The highest BCUT2D eigenvalue weighted by Crippen LogP contribution is 2.20. The molecule has 0 aliphatic carbocycles. The minimum atomic E-state index is -0.223. The normalized spacial score (nSPS) is 15.5. The first-order valence-electron chi connectivity index (χ1n) is 8.14. The Labute approximate surface area is 139 Å². The molecule has 1 fully saturated rings. The standard InChI is InChI=1S/C16H21FN6O/c1-12-19-20-21-23(12)11-8-16(24)18-14-6-9-22(10-7-14)15-4-2-13(17)3-5-15/h2-5,14H,6-11H2,1H3,(H,18,24). The van der Waals surface area contributed by atoms with Crippen molar-refractivity contribution in [1.29, 1.82) is 0 Å². The van der Waals surface area contributed by atoms with Gasteiger partial charge in [0, 0.05) is 31.2 Å². The molecule has 0 radical (unpaired) electrons. The van der Waals surface area contributed by atoms with Crippen molar-refractivity contribution in [3.8, 4) is 0 Å². The van der Waals surface area contributed by atoms with Gasteiger partial charge < -0.3 is 10.2 Å². The summed E-state index contributed by atoms with van der Waals surface area (Å²) in [5.41, 5.74) is 1.02. The van der Waals surface area contributed by atoms with Gasteiger partial charge >= 0.3 is 0 Å². The number of anilines is 1. The number of halogens is 1. The molecule has 1 N–H and O–H groups in total. The summed E-state index contributed by atoms with van der Waals surface area (Å²) < 4.78 is 14.6. The Bertz CT molecular complexity index is 678. The Morgan fingerprint density at radius 1 is 1.29 bits per heavy atom. The summed E-state index contributed by atoms with van der Waals surface area (Å²) in [6, 6.07) is 6.73. The van der Waals surface area contributed by atoms with Crippen LogP contribution in [0.1, 0.15) is 25.1 Å². The second kappa shape index (κ2) is 7.37. The number of carbonyl (C=O) groups is 1. The number of carbonyl (C=O) groups excluding carboxylic acids is 1. The molecule has 24 heavy (non-hydrogen) atoms. The van der Waals surface area contributed by atoms with Crippen molar-refractivity contribution in [3.05, 3.63) is 35.9 Å². The minimum Gasteiger partial charge on any atom is -0.371 e. The molecular weight excluding hydrogens is 311 g/mol. The van der Waals surface area contributed by atoms with Gasteiger partial charge in [-0.3, -0.25) is 4.79 Å². The molecule has 8 heteroatoms. The summed E-state index contributed by atoms with van der Waals surface area (Å²) >= 11 is 0. The van der Waals surface area contributed by atoms with Crippen molar-refractivity contribution >= 4 is 11.6 Å². The topological polar surface area (TPSA) is 75.9 Å². The average Bonchev–Trinajstić information content (AvgIpc) is 3.00. The van der Waals surface area contributed by atoms with Crippen LogP contribution in [-0.2, 0) is 11.3 Å². The highest BCUT2D eigenvalue weighted by atomic mass is 19.1. The van der Waals surface area contributed by atoms with E-state index in [0.717, 1.165) is 31.6 Å². The quantitative estimate of drug-likeness (QED) is 0.893. The van der Waals surface area contributed by atoms with Crippen molar-refractivity contribution in [2.45, 2.75) is 38.8 Å². The van der Waals surface area contributed by atoms with Crippen LogP contribution in [0, 0.1) is 12.7 Å². The molecule has 1 aromatic carbocycles. The Kier molecular flexibility index (Phi) is 5.02. The van der Waals surface area contributed by atoms with Crippen molar-refractivity contribution in [2.75, 3.05) is 18.0 Å². The second-order valence-corrected chi connectivity index (χ2v) is 6.00. The van der Waals surface area contributed by atoms with Crippen molar-refractivity contribution < 1.29 is 9.18 Å². The van der Waals surface area contributed by atoms with Gasteiger partial charge in [0.25, 0.3) is 0 Å². The molecule has 0 unspecified atom stereocenters. The maximum absolute atomic E-state index is 13.0. The van der Waals surface area contributed by atoms with Crippen LogP contribution in [0.2, 0.25) is 0 Å². The molecule has 0 spiro atoms. The predicted octanol–water partition coefficient (Wildman–Crippen LogP) is 1.30. The number of nitrogens with zero attached hydrogens (tertiary/aromatic N) is 5. The van der Waals surface area contributed by atoms with Gasteiger partial charge in [-0.05, 0) is 54.5 Å². The van der Waals surface area contributed by atoms with Gasteiger partial charge in [-0.15, -0.1) is 5.10 Å². The lowest BCUT2D eigenvalue weighted by atomic mass is 10.0. The molecule has 128 valence electrons. The first-order valence-corrected chi connectivity index (χ1v) is 8.14. The molecule has 2 aromatic rings. The maximum atomic E-state index is 13.0. The molecule has 1 saturated heterocycles. The van der Waals surface area contributed by atoms with Crippen LogP contribution in [0.3, 0.4) is 0 Å². The van der Waals surface area contributed by atoms with E-state index in [4.69, 9.17) is 0 Å². The highest BCUT2D eigenvalue weighted by molar-refractivity contribution is 5.76. The largest absolute Gasteiger partial charge is 0.371 e. The lowest BCUT2D eigenvalue weighted by Crippen LogP contribution is -2.44. The molecule has 1 amide bonds. The van der Waals surface area contributed by atoms with Gasteiger partial charge in [0.15, 0.2) is 0 Å². The zero-order chi connectivity index (χ0) is 16.9. The summed E-state index contributed by atoms with van der Waals surface area (Å²) in [5, 5.41) is 14.3. The Balaban J connectivity index is 1.42. The third kappa shape index (κ3) is 4.06. The molecule has 1 aliphatic rings. The fourth-order valence-electron chi connectivity index (χ4n) is 2.90. The van der Waals surface area contributed by atoms with E-state index < -0.39 is 0 Å². The number of benzene rings is 1. The van der Waals surface area contributed by atoms with Gasteiger partial charge in [0.05, 0.1) is 6.54 Å². The predicted molar refractivity (Wildman–Crippen MR) is 86.9 cm³/mol. The van der Waals surface area contributed by atoms with Gasteiger partial charge in [-0.2, -0.15) is 0 Å². The van der Waals surface area contributed by atoms with Crippen LogP contribution in [0.25, 0.3) is 0 Å². The van der Waals surface area contributed by atoms with Crippen LogP contribution in [0.15, 0.2) is 24.3 Å². The number of piperidine rings is 1. The fourth-order valence-corrected chi connectivity index (χ4v) is 2.90. The van der Waals surface area contributed by atoms with Crippen LogP contribution < -0.4 is 10.2 Å². The number of hydrogen-bond donors (Lipinski definition) is 1. The molecule has 7 nitrogen and oxygen atoms in total. The van der Waals surface area contributed by atoms with Crippen LogP contribution in [0.4, 0.5) is 10.1 Å². The van der Waals surface area contributed by atoms with Crippen LogP contribution in [0.5, 0.6) is 0 Å². The van der Waals surface area contributed by atoms with Crippen LogP contribution >= 0.6 is 0 Å². The molecule has 0 saturated carbocycles. The summed E-state index contributed by atoms with van der Waals surface area (Å²) in [7, 11) is 0. The lowest BCUT2D eigenvalue weighted by molar-refractivity contribution is -0.122. The number of aryl methyl sites for hydroxylation is 2. The molecule has 0 bridgehead atoms. The first kappa shape index (κ1) is 16.4. The van der Waals surface area contributed by atoms with E-state index in [1.165, 1.54) is 12.1 Å². The molecule has 1 aliphatic heterocycles. The van der Waals surface area contributed by atoms with E-state index >= 15 is 0 Å². The number of tetrazole rings is 1. The summed E-state index contributed by atoms with van der Waals surface area (Å²) in [4.78, 5) is 14.3. The number of hydrogen-bond acceptors (Lipinski definition) is 5. The van der Waals surface area contributed by atoms with E-state index in [2.05, 4.69) is 25.7 Å². The Morgan fingerprint density at radius 3 is 2.62 bits per heavy atom. The minimum absolute atomic E-state index is 0.0186. The third-order valence-electron chi connectivity index (χ3n) is 4.31. The highest BCUT2D eigenvalue weighted by Gasteiger charge is 2.21. The SMILES string of the molecule is Cc1nnnn1CCC(=O)NC1CCN(c2ccc(F)cc2)CC1. The van der Waals surface area contributed by atoms with Crippen molar-refractivity contribution in [1.82, 2.24) is 25.5 Å². The number of amides is 1. The lowest BCUT2D eigenvalue weighted by Gasteiger charge is -2.34. The second-order valence-electron chi connectivity index (χ2n) is 6.00. The van der Waals surface area contributed by atoms with Gasteiger partial charge in [-0.1, -0.05) is 0 Å². The average molecular weight is 332 g/mol. The molecule has 3 rings (SSSR count). The zero-order valence-corrected chi connectivity index (χ0v) is 13.7. The van der Waals surface area contributed by atoms with Gasteiger partial charge in [-0.25, -0.2) is 9.07 Å². The fraction of sp³-hybridized carbons (Fsp3) is 0.500. The number of nitrogens with one attached hydrogen (secondary N) is 1. The number of rotatable bonds is 5. The molecule has 1 aromatic heterocycles. The molecular formula is C16H21FN6O. The van der Waals surface area contributed by atoms with E-state index in [9.17, 15) is 9.18 Å². The Hall–Kier alpha value is -2.51. The first-order chi connectivity index (χ1) is 11.6. The number of aromatic nitrogens is 4. The summed E-state index contributed by atoms with van der Waals surface area (Å²) in [5.74, 6) is 0.499.